The molecule has 0 amide bonds. The molecule has 1 aliphatic rings. The van der Waals surface area contributed by atoms with Crippen molar-refractivity contribution in [3.63, 3.8) is 0 Å². The highest BCUT2D eigenvalue weighted by molar-refractivity contribution is 6.11. The zero-order valence-corrected chi connectivity index (χ0v) is 15.7. The van der Waals surface area contributed by atoms with Crippen LogP contribution in [0.1, 0.15) is 27.0 Å². The van der Waals surface area contributed by atoms with E-state index in [4.69, 9.17) is 0 Å². The normalized spacial score (nSPS) is 12.5. The molecule has 3 aromatic rings. The van der Waals surface area contributed by atoms with Gasteiger partial charge in [0.2, 0.25) is 0 Å². The maximum atomic E-state index is 12.6. The predicted molar refractivity (Wildman–Crippen MR) is 92.3 cm³/mol. The Morgan fingerprint density at radius 2 is 1.83 bits per heavy atom. The van der Waals surface area contributed by atoms with E-state index < -0.39 is 0 Å². The Kier molecular flexibility index (Phi) is 4.81. The highest BCUT2D eigenvalue weighted by Crippen LogP contribution is 2.33. The van der Waals surface area contributed by atoms with Crippen LogP contribution in [0.5, 0.6) is 0 Å². The molecule has 0 aliphatic heterocycles. The van der Waals surface area contributed by atoms with Crippen LogP contribution in [0.25, 0.3) is 16.8 Å². The second-order valence-corrected chi connectivity index (χ2v) is 6.10. The van der Waals surface area contributed by atoms with Gasteiger partial charge in [0.25, 0.3) is 0 Å². The summed E-state index contributed by atoms with van der Waals surface area (Å²) in [7, 11) is 1.98. The number of hydrogen-bond acceptors (Lipinski definition) is 1. The average Bonchev–Trinajstić information content (AvgIpc) is 3.00. The number of aromatic nitrogens is 1. The van der Waals surface area contributed by atoms with Crippen LogP contribution in [0, 0.1) is 0 Å². The fraction of sp³-hybridized carbons (Fsp3) is 0.143. The molecule has 120 valence electrons. The molecule has 0 fully saturated rings. The molecule has 1 aliphatic carbocycles. The predicted octanol–water partition coefficient (Wildman–Crippen LogP) is 0.663. The van der Waals surface area contributed by atoms with Crippen LogP contribution in [-0.4, -0.2) is 5.78 Å². The number of ketones is 1. The average molecular weight is 427 g/mol. The number of aryl methyl sites for hydroxylation is 3. The van der Waals surface area contributed by atoms with Gasteiger partial charge in [-0.15, -0.1) is 0 Å². The highest BCUT2D eigenvalue weighted by atomic mass is 127. The van der Waals surface area contributed by atoms with Crippen molar-refractivity contribution in [1.82, 2.24) is 0 Å². The minimum Gasteiger partial charge on any atom is -1.00 e. The lowest BCUT2D eigenvalue weighted by molar-refractivity contribution is -0.671. The number of hydrogen-bond donors (Lipinski definition) is 0. The molecule has 1 aromatic heterocycles. The SMILES string of the molecule is C[n+]1ccc(C=CC(=O)c2ccc3cccc4c3c2CC4)cc1.[I-]. The fourth-order valence-electron chi connectivity index (χ4n) is 3.38. The number of allylic oxidation sites excluding steroid dienone is 1. The van der Waals surface area contributed by atoms with Crippen molar-refractivity contribution in [2.24, 2.45) is 7.05 Å². The quantitative estimate of drug-likeness (QED) is 0.261. The second-order valence-electron chi connectivity index (χ2n) is 6.10. The molecule has 0 spiro atoms. The molecule has 0 saturated carbocycles. The van der Waals surface area contributed by atoms with Crippen molar-refractivity contribution >= 4 is 22.6 Å². The summed E-state index contributed by atoms with van der Waals surface area (Å²) >= 11 is 0. The summed E-state index contributed by atoms with van der Waals surface area (Å²) in [4.78, 5) is 12.6. The van der Waals surface area contributed by atoms with Crippen molar-refractivity contribution in [1.29, 1.82) is 0 Å². The van der Waals surface area contributed by atoms with Gasteiger partial charge in [0.15, 0.2) is 18.2 Å². The molecule has 0 radical (unpaired) electrons. The number of halogens is 1. The van der Waals surface area contributed by atoms with Crippen molar-refractivity contribution in [3.8, 4) is 0 Å². The summed E-state index contributed by atoms with van der Waals surface area (Å²) in [6.07, 6.45) is 9.54. The fourth-order valence-corrected chi connectivity index (χ4v) is 3.38. The number of rotatable bonds is 3. The first-order valence-corrected chi connectivity index (χ1v) is 7.93. The van der Waals surface area contributed by atoms with E-state index in [2.05, 4.69) is 24.3 Å². The lowest BCUT2D eigenvalue weighted by atomic mass is 9.97. The van der Waals surface area contributed by atoms with Crippen LogP contribution >= 0.6 is 0 Å². The standard InChI is InChI=1S/C21H18NO.HI/c1-22-13-11-15(12-14-22)5-10-20(23)18-8-6-16-3-2-4-17-7-9-19(18)21(16)17;/h2-6,8,10-14H,7,9H2,1H3;1H/q+1;/p-1. The minimum absolute atomic E-state index is 0. The molecule has 2 nitrogen and oxygen atoms in total. The summed E-state index contributed by atoms with van der Waals surface area (Å²) in [5.41, 5.74) is 4.47. The molecule has 0 bridgehead atoms. The maximum Gasteiger partial charge on any atom is 0.186 e. The van der Waals surface area contributed by atoms with Gasteiger partial charge in [-0.05, 0) is 46.4 Å². The van der Waals surface area contributed by atoms with Crippen LogP contribution < -0.4 is 28.5 Å². The van der Waals surface area contributed by atoms with Crippen molar-refractivity contribution < 1.29 is 33.3 Å². The van der Waals surface area contributed by atoms with Crippen molar-refractivity contribution in [2.75, 3.05) is 0 Å². The zero-order chi connectivity index (χ0) is 15.8. The number of pyridine rings is 1. The molecule has 4 rings (SSSR count). The Bertz CT molecular complexity index is 942. The van der Waals surface area contributed by atoms with Gasteiger partial charge < -0.3 is 24.0 Å². The molecule has 0 saturated heterocycles. The van der Waals surface area contributed by atoms with Gasteiger partial charge in [-0.3, -0.25) is 4.79 Å². The van der Waals surface area contributed by atoms with E-state index in [0.717, 1.165) is 24.0 Å². The smallest absolute Gasteiger partial charge is 0.186 e. The van der Waals surface area contributed by atoms with Crippen LogP contribution in [0.15, 0.2) is 60.9 Å². The van der Waals surface area contributed by atoms with Gasteiger partial charge >= 0.3 is 0 Å². The maximum absolute atomic E-state index is 12.6. The molecule has 0 atom stereocenters. The molecule has 3 heteroatoms. The number of benzene rings is 2. The van der Waals surface area contributed by atoms with Gasteiger partial charge in [-0.1, -0.05) is 36.4 Å². The van der Waals surface area contributed by atoms with E-state index in [1.165, 1.54) is 21.9 Å². The monoisotopic (exact) mass is 427 g/mol. The van der Waals surface area contributed by atoms with Gasteiger partial charge in [0.1, 0.15) is 7.05 Å². The minimum atomic E-state index is 0. The lowest BCUT2D eigenvalue weighted by Gasteiger charge is -2.06. The van der Waals surface area contributed by atoms with Gasteiger partial charge in [0, 0.05) is 17.7 Å². The Labute approximate surface area is 158 Å². The third kappa shape index (κ3) is 3.00. The van der Waals surface area contributed by atoms with E-state index in [1.54, 1.807) is 6.08 Å². The first kappa shape index (κ1) is 16.8. The molecular weight excluding hydrogens is 409 g/mol. The molecule has 0 N–H and O–H groups in total. The molecule has 1 heterocycles. The van der Waals surface area contributed by atoms with Crippen molar-refractivity contribution in [3.05, 3.63) is 83.2 Å². The summed E-state index contributed by atoms with van der Waals surface area (Å²) < 4.78 is 1.98. The lowest BCUT2D eigenvalue weighted by Crippen LogP contribution is -3.00. The summed E-state index contributed by atoms with van der Waals surface area (Å²) in [6.45, 7) is 0. The topological polar surface area (TPSA) is 20.9 Å². The Hall–Kier alpha value is -2.01. The van der Waals surface area contributed by atoms with Crippen LogP contribution in [0.3, 0.4) is 0 Å². The second kappa shape index (κ2) is 6.85. The number of carbonyl (C=O) groups excluding carboxylic acids is 1. The van der Waals surface area contributed by atoms with E-state index in [0.29, 0.717) is 0 Å². The number of carbonyl (C=O) groups is 1. The van der Waals surface area contributed by atoms with Gasteiger partial charge in [-0.2, -0.15) is 0 Å². The molecule has 24 heavy (non-hydrogen) atoms. The Balaban J connectivity index is 0.00000169. The van der Waals surface area contributed by atoms with E-state index in [9.17, 15) is 4.79 Å². The molecule has 0 unspecified atom stereocenters. The summed E-state index contributed by atoms with van der Waals surface area (Å²) in [5, 5.41) is 2.53. The summed E-state index contributed by atoms with van der Waals surface area (Å²) in [5.74, 6) is 0.0897. The Morgan fingerprint density at radius 3 is 2.62 bits per heavy atom. The van der Waals surface area contributed by atoms with E-state index in [-0.39, 0.29) is 29.8 Å². The Morgan fingerprint density at radius 1 is 1.04 bits per heavy atom. The van der Waals surface area contributed by atoms with Gasteiger partial charge in [-0.25, -0.2) is 4.57 Å². The third-order valence-corrected chi connectivity index (χ3v) is 4.58. The van der Waals surface area contributed by atoms with Gasteiger partial charge in [0.05, 0.1) is 0 Å². The third-order valence-electron chi connectivity index (χ3n) is 4.58. The van der Waals surface area contributed by atoms with Crippen LogP contribution in [0.2, 0.25) is 0 Å². The van der Waals surface area contributed by atoms with E-state index >= 15 is 0 Å². The molecular formula is C21H18INO. The van der Waals surface area contributed by atoms with Crippen LogP contribution in [-0.2, 0) is 19.9 Å². The van der Waals surface area contributed by atoms with E-state index in [1.807, 2.05) is 48.3 Å². The largest absolute Gasteiger partial charge is 1.00 e. The first-order chi connectivity index (χ1) is 11.2. The van der Waals surface area contributed by atoms with Crippen molar-refractivity contribution in [2.45, 2.75) is 12.8 Å². The zero-order valence-electron chi connectivity index (χ0n) is 13.5. The number of nitrogens with zero attached hydrogens (tertiary/aromatic N) is 1. The summed E-state index contributed by atoms with van der Waals surface area (Å²) in [6, 6.07) is 14.4. The highest BCUT2D eigenvalue weighted by Gasteiger charge is 2.19. The van der Waals surface area contributed by atoms with Crippen LogP contribution in [0.4, 0.5) is 0 Å². The first-order valence-electron chi connectivity index (χ1n) is 7.93. The molecule has 2 aromatic carbocycles.